The molecule has 0 heterocycles. The number of hydrogen-bond donors (Lipinski definition) is 1. The lowest BCUT2D eigenvalue weighted by atomic mass is 9.95. The Balaban J connectivity index is 2.21. The first kappa shape index (κ1) is 13.8. The maximum absolute atomic E-state index is 11.1. The Morgan fingerprint density at radius 1 is 1.42 bits per heavy atom. The highest BCUT2D eigenvalue weighted by atomic mass is 16.6. The average molecular weight is 265 g/mol. The largest absolute Gasteiger partial charge is 0.481 e. The van der Waals surface area contributed by atoms with E-state index in [1.54, 1.807) is 12.1 Å². The van der Waals surface area contributed by atoms with Crippen molar-refractivity contribution in [2.24, 2.45) is 0 Å². The Hall–Kier alpha value is -1.62. The molecule has 0 aromatic heterocycles. The van der Waals surface area contributed by atoms with Crippen LogP contribution in [0.25, 0.3) is 0 Å². The molecule has 0 spiro atoms. The van der Waals surface area contributed by atoms with E-state index in [0.717, 1.165) is 31.2 Å². The van der Waals surface area contributed by atoms with Crippen molar-refractivity contribution in [1.82, 2.24) is 0 Å². The number of ether oxygens (including phenoxy) is 1. The van der Waals surface area contributed by atoms with Crippen molar-refractivity contribution in [3.8, 4) is 5.75 Å². The fourth-order valence-corrected chi connectivity index (χ4v) is 2.40. The molecule has 1 aliphatic rings. The molecule has 0 aliphatic heterocycles. The number of hydrogen-bond acceptors (Lipinski definition) is 4. The van der Waals surface area contributed by atoms with E-state index >= 15 is 0 Å². The highest BCUT2D eigenvalue weighted by molar-refractivity contribution is 5.48. The van der Waals surface area contributed by atoms with Gasteiger partial charge in [-0.3, -0.25) is 10.1 Å². The molecule has 0 amide bonds. The SMILES string of the molecule is CCc1ccc(O[C@H]2CCCC[C@@H]2O)c([N+](=O)[O-])c1. The molecule has 1 N–H and O–H groups in total. The zero-order chi connectivity index (χ0) is 13.8. The first-order valence-corrected chi connectivity index (χ1v) is 6.74. The second kappa shape index (κ2) is 6.02. The minimum Gasteiger partial charge on any atom is -0.481 e. The maximum atomic E-state index is 11.1. The van der Waals surface area contributed by atoms with Gasteiger partial charge < -0.3 is 9.84 Å². The summed E-state index contributed by atoms with van der Waals surface area (Å²) in [5.41, 5.74) is 0.889. The quantitative estimate of drug-likeness (QED) is 0.671. The van der Waals surface area contributed by atoms with E-state index in [-0.39, 0.29) is 17.5 Å². The Morgan fingerprint density at radius 2 is 2.16 bits per heavy atom. The van der Waals surface area contributed by atoms with E-state index in [0.29, 0.717) is 6.42 Å². The zero-order valence-corrected chi connectivity index (χ0v) is 11.0. The van der Waals surface area contributed by atoms with Gasteiger partial charge in [-0.15, -0.1) is 0 Å². The molecule has 0 bridgehead atoms. The van der Waals surface area contributed by atoms with Crippen LogP contribution in [0.2, 0.25) is 0 Å². The number of nitro benzene ring substituents is 1. The fourth-order valence-electron chi connectivity index (χ4n) is 2.40. The van der Waals surface area contributed by atoms with Gasteiger partial charge in [0, 0.05) is 6.07 Å². The number of aliphatic hydroxyl groups is 1. The maximum Gasteiger partial charge on any atom is 0.311 e. The van der Waals surface area contributed by atoms with E-state index in [2.05, 4.69) is 0 Å². The van der Waals surface area contributed by atoms with Crippen molar-refractivity contribution in [3.63, 3.8) is 0 Å². The molecule has 1 aromatic carbocycles. The molecule has 5 heteroatoms. The van der Waals surface area contributed by atoms with Gasteiger partial charge in [0.2, 0.25) is 0 Å². The third-order valence-corrected chi connectivity index (χ3v) is 3.57. The van der Waals surface area contributed by atoms with Gasteiger partial charge in [0.15, 0.2) is 5.75 Å². The number of benzene rings is 1. The van der Waals surface area contributed by atoms with Crippen LogP contribution in [0, 0.1) is 10.1 Å². The number of rotatable bonds is 4. The van der Waals surface area contributed by atoms with Gasteiger partial charge in [-0.2, -0.15) is 0 Å². The van der Waals surface area contributed by atoms with Crippen LogP contribution in [-0.4, -0.2) is 22.2 Å². The van der Waals surface area contributed by atoms with E-state index in [4.69, 9.17) is 4.74 Å². The third kappa shape index (κ3) is 3.23. The van der Waals surface area contributed by atoms with Crippen molar-refractivity contribution in [3.05, 3.63) is 33.9 Å². The third-order valence-electron chi connectivity index (χ3n) is 3.57. The van der Waals surface area contributed by atoms with E-state index < -0.39 is 11.0 Å². The van der Waals surface area contributed by atoms with Crippen molar-refractivity contribution < 1.29 is 14.8 Å². The molecule has 1 saturated carbocycles. The van der Waals surface area contributed by atoms with Crippen molar-refractivity contribution in [2.45, 2.75) is 51.2 Å². The topological polar surface area (TPSA) is 72.6 Å². The molecule has 0 unspecified atom stereocenters. The lowest BCUT2D eigenvalue weighted by Gasteiger charge is -2.28. The Kier molecular flexibility index (Phi) is 4.37. The number of aryl methyl sites for hydroxylation is 1. The summed E-state index contributed by atoms with van der Waals surface area (Å²) >= 11 is 0. The Bertz CT molecular complexity index is 461. The lowest BCUT2D eigenvalue weighted by molar-refractivity contribution is -0.386. The molecule has 104 valence electrons. The molecule has 2 rings (SSSR count). The number of aliphatic hydroxyl groups excluding tert-OH is 1. The molecule has 1 aromatic rings. The van der Waals surface area contributed by atoms with Gasteiger partial charge in [-0.25, -0.2) is 0 Å². The van der Waals surface area contributed by atoms with Crippen LogP contribution >= 0.6 is 0 Å². The van der Waals surface area contributed by atoms with Crippen LogP contribution in [0.4, 0.5) is 5.69 Å². The lowest BCUT2D eigenvalue weighted by Crippen LogP contribution is -2.34. The monoisotopic (exact) mass is 265 g/mol. The molecule has 2 atom stereocenters. The molecule has 5 nitrogen and oxygen atoms in total. The summed E-state index contributed by atoms with van der Waals surface area (Å²) in [5, 5.41) is 20.9. The van der Waals surface area contributed by atoms with Gasteiger partial charge in [0.05, 0.1) is 11.0 Å². The number of nitrogens with zero attached hydrogens (tertiary/aromatic N) is 1. The van der Waals surface area contributed by atoms with Crippen LogP contribution in [0.5, 0.6) is 5.75 Å². The van der Waals surface area contributed by atoms with E-state index in [1.807, 2.05) is 13.0 Å². The number of nitro groups is 1. The smallest absolute Gasteiger partial charge is 0.311 e. The van der Waals surface area contributed by atoms with Crippen LogP contribution in [0.15, 0.2) is 18.2 Å². The van der Waals surface area contributed by atoms with Gasteiger partial charge in [-0.05, 0) is 37.3 Å². The van der Waals surface area contributed by atoms with Crippen molar-refractivity contribution in [1.29, 1.82) is 0 Å². The van der Waals surface area contributed by atoms with E-state index in [9.17, 15) is 15.2 Å². The second-order valence-corrected chi connectivity index (χ2v) is 4.92. The van der Waals surface area contributed by atoms with E-state index in [1.165, 1.54) is 0 Å². The van der Waals surface area contributed by atoms with Crippen LogP contribution in [0.1, 0.15) is 38.2 Å². The molecule has 1 fully saturated rings. The molecular formula is C14H19NO4. The zero-order valence-electron chi connectivity index (χ0n) is 11.0. The van der Waals surface area contributed by atoms with Crippen molar-refractivity contribution in [2.75, 3.05) is 0 Å². The normalized spacial score (nSPS) is 23.1. The first-order valence-electron chi connectivity index (χ1n) is 6.74. The summed E-state index contributed by atoms with van der Waals surface area (Å²) in [4.78, 5) is 10.6. The standard InChI is InChI=1S/C14H19NO4/c1-2-10-7-8-13(11(9-10)15(17)18)19-14-6-4-3-5-12(14)16/h7-9,12,14,16H,2-6H2,1H3/t12-,14-/m0/s1. The molecule has 19 heavy (non-hydrogen) atoms. The first-order chi connectivity index (χ1) is 9.11. The minimum absolute atomic E-state index is 0.0166. The highest BCUT2D eigenvalue weighted by Gasteiger charge is 2.27. The second-order valence-electron chi connectivity index (χ2n) is 4.92. The van der Waals surface area contributed by atoms with Gasteiger partial charge in [0.25, 0.3) is 0 Å². The predicted octanol–water partition coefficient (Wildman–Crippen LogP) is 2.84. The summed E-state index contributed by atoms with van der Waals surface area (Å²) in [6.45, 7) is 1.95. The summed E-state index contributed by atoms with van der Waals surface area (Å²) < 4.78 is 5.67. The Labute approximate surface area is 112 Å². The van der Waals surface area contributed by atoms with Gasteiger partial charge in [0.1, 0.15) is 6.10 Å². The Morgan fingerprint density at radius 3 is 2.79 bits per heavy atom. The summed E-state index contributed by atoms with van der Waals surface area (Å²) in [7, 11) is 0. The van der Waals surface area contributed by atoms with Gasteiger partial charge in [-0.1, -0.05) is 19.4 Å². The highest BCUT2D eigenvalue weighted by Crippen LogP contribution is 2.32. The summed E-state index contributed by atoms with van der Waals surface area (Å²) in [6.07, 6.45) is 3.30. The van der Waals surface area contributed by atoms with Crippen LogP contribution in [0.3, 0.4) is 0 Å². The summed E-state index contributed by atoms with van der Waals surface area (Å²) in [6, 6.07) is 5.01. The average Bonchev–Trinajstić information content (AvgIpc) is 2.41. The van der Waals surface area contributed by atoms with Gasteiger partial charge >= 0.3 is 5.69 Å². The van der Waals surface area contributed by atoms with Crippen molar-refractivity contribution >= 4 is 5.69 Å². The molecular weight excluding hydrogens is 246 g/mol. The molecule has 0 radical (unpaired) electrons. The predicted molar refractivity (Wildman–Crippen MR) is 71.4 cm³/mol. The minimum atomic E-state index is -0.529. The summed E-state index contributed by atoms with van der Waals surface area (Å²) in [5.74, 6) is 0.258. The molecule has 1 aliphatic carbocycles. The fraction of sp³-hybridized carbons (Fsp3) is 0.571. The van der Waals surface area contributed by atoms with Crippen LogP contribution in [-0.2, 0) is 6.42 Å². The molecule has 0 saturated heterocycles. The van der Waals surface area contributed by atoms with Crippen LogP contribution < -0.4 is 4.74 Å².